The number of H-pyrrole nitrogens is 1. The van der Waals surface area contributed by atoms with Crippen molar-refractivity contribution in [3.05, 3.63) is 53.9 Å². The fourth-order valence-corrected chi connectivity index (χ4v) is 4.72. The van der Waals surface area contributed by atoms with E-state index in [1.165, 1.54) is 7.11 Å². The number of hydrogen-bond acceptors (Lipinski definition) is 4. The van der Waals surface area contributed by atoms with E-state index in [0.29, 0.717) is 17.7 Å². The van der Waals surface area contributed by atoms with Crippen molar-refractivity contribution >= 4 is 16.0 Å². The van der Waals surface area contributed by atoms with Crippen molar-refractivity contribution < 1.29 is 17.9 Å². The predicted octanol–water partition coefficient (Wildman–Crippen LogP) is 4.51. The molecule has 0 saturated carbocycles. The topological polar surface area (TPSA) is 88.3 Å². The van der Waals surface area contributed by atoms with Gasteiger partial charge in [-0.15, -0.1) is 0 Å². The molecule has 7 heteroatoms. The number of benzene rings is 1. The molecule has 0 aliphatic rings. The number of carbonyl (C=O) groups is 1. The molecule has 0 saturated heterocycles. The smallest absolute Gasteiger partial charge is 0.305 e. The summed E-state index contributed by atoms with van der Waals surface area (Å²) >= 11 is 0. The van der Waals surface area contributed by atoms with Gasteiger partial charge in [0, 0.05) is 24.9 Å². The number of aryl methyl sites for hydroxylation is 1. The van der Waals surface area contributed by atoms with E-state index in [1.54, 1.807) is 12.1 Å². The lowest BCUT2D eigenvalue weighted by Crippen LogP contribution is -2.36. The monoisotopic (exact) mass is 434 g/mol. The van der Waals surface area contributed by atoms with Gasteiger partial charge in [0.25, 0.3) is 0 Å². The van der Waals surface area contributed by atoms with E-state index in [4.69, 9.17) is 0 Å². The van der Waals surface area contributed by atoms with Gasteiger partial charge in [-0.1, -0.05) is 49.8 Å². The SMILES string of the molecule is COC(=O)CCCCCCCCC(Cc1cc[nH]c1)NS(=O)(=O)c1ccc(C)cc1. The normalized spacial score (nSPS) is 12.6. The average molecular weight is 435 g/mol. The van der Waals surface area contributed by atoms with Gasteiger partial charge >= 0.3 is 5.97 Å². The number of carbonyl (C=O) groups excluding carboxylic acids is 1. The highest BCUT2D eigenvalue weighted by molar-refractivity contribution is 7.89. The van der Waals surface area contributed by atoms with Crippen LogP contribution in [0.25, 0.3) is 0 Å². The second-order valence-electron chi connectivity index (χ2n) is 7.79. The Morgan fingerprint density at radius 3 is 2.33 bits per heavy atom. The van der Waals surface area contributed by atoms with Gasteiger partial charge in [0.05, 0.1) is 12.0 Å². The third-order valence-corrected chi connectivity index (χ3v) is 6.75. The van der Waals surface area contributed by atoms with Crippen LogP contribution >= 0.6 is 0 Å². The summed E-state index contributed by atoms with van der Waals surface area (Å²) in [6, 6.07) is 8.77. The third kappa shape index (κ3) is 8.71. The second-order valence-corrected chi connectivity index (χ2v) is 9.50. The number of hydrogen-bond donors (Lipinski definition) is 2. The predicted molar refractivity (Wildman–Crippen MR) is 119 cm³/mol. The molecule has 0 fully saturated rings. The van der Waals surface area contributed by atoms with Crippen molar-refractivity contribution in [2.24, 2.45) is 0 Å². The Labute approximate surface area is 180 Å². The number of sulfonamides is 1. The van der Waals surface area contributed by atoms with E-state index in [9.17, 15) is 13.2 Å². The Morgan fingerprint density at radius 1 is 1.03 bits per heavy atom. The molecule has 1 aromatic heterocycles. The van der Waals surface area contributed by atoms with Gasteiger partial charge in [-0.05, 0) is 49.9 Å². The van der Waals surface area contributed by atoms with E-state index >= 15 is 0 Å². The van der Waals surface area contributed by atoms with Gasteiger partial charge in [0.1, 0.15) is 0 Å². The van der Waals surface area contributed by atoms with Gasteiger partial charge in [-0.3, -0.25) is 4.79 Å². The zero-order chi connectivity index (χ0) is 21.8. The van der Waals surface area contributed by atoms with Crippen LogP contribution in [0.1, 0.15) is 62.5 Å². The molecule has 2 N–H and O–H groups in total. The van der Waals surface area contributed by atoms with Crippen LogP contribution in [-0.2, 0) is 26.0 Å². The molecule has 0 bridgehead atoms. The molecule has 1 aromatic carbocycles. The molecule has 0 aliphatic heterocycles. The molecule has 2 aromatic rings. The number of aromatic amines is 1. The molecule has 0 aliphatic carbocycles. The largest absolute Gasteiger partial charge is 0.469 e. The molecule has 0 spiro atoms. The van der Waals surface area contributed by atoms with Crippen LogP contribution in [0.4, 0.5) is 0 Å². The van der Waals surface area contributed by atoms with Crippen LogP contribution in [0, 0.1) is 6.92 Å². The Balaban J connectivity index is 1.81. The molecule has 0 radical (unpaired) electrons. The van der Waals surface area contributed by atoms with E-state index in [0.717, 1.165) is 56.1 Å². The molecule has 30 heavy (non-hydrogen) atoms. The van der Waals surface area contributed by atoms with Crippen molar-refractivity contribution in [2.75, 3.05) is 7.11 Å². The summed E-state index contributed by atoms with van der Waals surface area (Å²) in [6.45, 7) is 1.94. The number of rotatable bonds is 14. The molecule has 1 atom stereocenters. The standard InChI is InChI=1S/C23H34N2O4S/c1-19-11-13-22(14-12-19)30(27,28)25-21(17-20-15-16-24-18-20)9-7-5-3-4-6-8-10-23(26)29-2/h11-16,18,21,24-25H,3-10,17H2,1-2H3. The summed E-state index contributed by atoms with van der Waals surface area (Å²) in [5, 5.41) is 0. The number of nitrogens with one attached hydrogen (secondary N) is 2. The summed E-state index contributed by atoms with van der Waals surface area (Å²) in [5.74, 6) is -0.150. The van der Waals surface area contributed by atoms with Crippen LogP contribution in [0.15, 0.2) is 47.6 Å². The number of ether oxygens (including phenoxy) is 1. The highest BCUT2D eigenvalue weighted by Crippen LogP contribution is 2.16. The lowest BCUT2D eigenvalue weighted by atomic mass is 10.0. The highest BCUT2D eigenvalue weighted by Gasteiger charge is 2.20. The Bertz CT molecular complexity index is 846. The Hall–Kier alpha value is -2.12. The maximum absolute atomic E-state index is 12.8. The van der Waals surface area contributed by atoms with Gasteiger partial charge < -0.3 is 9.72 Å². The zero-order valence-electron chi connectivity index (χ0n) is 18.0. The molecule has 1 unspecified atom stereocenters. The summed E-state index contributed by atoms with van der Waals surface area (Å²) < 4.78 is 33.2. The maximum atomic E-state index is 12.8. The lowest BCUT2D eigenvalue weighted by molar-refractivity contribution is -0.140. The van der Waals surface area contributed by atoms with Crippen molar-refractivity contribution in [1.29, 1.82) is 0 Å². The zero-order valence-corrected chi connectivity index (χ0v) is 18.8. The minimum Gasteiger partial charge on any atom is -0.469 e. The number of esters is 1. The first-order chi connectivity index (χ1) is 14.4. The third-order valence-electron chi connectivity index (χ3n) is 5.21. The van der Waals surface area contributed by atoms with E-state index in [2.05, 4.69) is 14.4 Å². The first-order valence-electron chi connectivity index (χ1n) is 10.7. The molecule has 0 amide bonds. The Kier molecular flexibility index (Phi) is 10.1. The molecule has 166 valence electrons. The fourth-order valence-electron chi connectivity index (χ4n) is 3.45. The van der Waals surface area contributed by atoms with Gasteiger partial charge in [0.15, 0.2) is 0 Å². The molecule has 2 rings (SSSR count). The quantitative estimate of drug-likeness (QED) is 0.338. The van der Waals surface area contributed by atoms with Crippen molar-refractivity contribution in [2.45, 2.75) is 75.6 Å². The summed E-state index contributed by atoms with van der Waals surface area (Å²) in [5.41, 5.74) is 2.12. The number of aromatic nitrogens is 1. The van der Waals surface area contributed by atoms with E-state index < -0.39 is 10.0 Å². The van der Waals surface area contributed by atoms with E-state index in [1.807, 2.05) is 37.5 Å². The summed E-state index contributed by atoms with van der Waals surface area (Å²) in [6.07, 6.45) is 11.8. The molecular weight excluding hydrogens is 400 g/mol. The molecule has 1 heterocycles. The summed E-state index contributed by atoms with van der Waals surface area (Å²) in [4.78, 5) is 14.4. The average Bonchev–Trinajstić information content (AvgIpc) is 3.22. The second kappa shape index (κ2) is 12.5. The number of unbranched alkanes of at least 4 members (excludes halogenated alkanes) is 5. The Morgan fingerprint density at radius 2 is 1.70 bits per heavy atom. The van der Waals surface area contributed by atoms with Crippen molar-refractivity contribution in [3.63, 3.8) is 0 Å². The summed E-state index contributed by atoms with van der Waals surface area (Å²) in [7, 11) is -2.13. The molecular formula is C23H34N2O4S. The van der Waals surface area contributed by atoms with Gasteiger partial charge in [-0.25, -0.2) is 13.1 Å². The highest BCUT2D eigenvalue weighted by atomic mass is 32.2. The van der Waals surface area contributed by atoms with Crippen molar-refractivity contribution in [3.8, 4) is 0 Å². The minimum atomic E-state index is -3.55. The van der Waals surface area contributed by atoms with Crippen LogP contribution in [-0.4, -0.2) is 32.5 Å². The fraction of sp³-hybridized carbons (Fsp3) is 0.522. The van der Waals surface area contributed by atoms with Crippen molar-refractivity contribution in [1.82, 2.24) is 9.71 Å². The van der Waals surface area contributed by atoms with Crippen LogP contribution in [0.3, 0.4) is 0 Å². The number of methoxy groups -OCH3 is 1. The van der Waals surface area contributed by atoms with Gasteiger partial charge in [0.2, 0.25) is 10.0 Å². The van der Waals surface area contributed by atoms with Crippen LogP contribution in [0.5, 0.6) is 0 Å². The maximum Gasteiger partial charge on any atom is 0.305 e. The van der Waals surface area contributed by atoms with Crippen LogP contribution < -0.4 is 4.72 Å². The van der Waals surface area contributed by atoms with Crippen LogP contribution in [0.2, 0.25) is 0 Å². The lowest BCUT2D eigenvalue weighted by Gasteiger charge is -2.18. The molecule has 6 nitrogen and oxygen atoms in total. The first kappa shape index (κ1) is 24.2. The minimum absolute atomic E-state index is 0.147. The van der Waals surface area contributed by atoms with E-state index in [-0.39, 0.29) is 12.0 Å². The van der Waals surface area contributed by atoms with Gasteiger partial charge in [-0.2, -0.15) is 0 Å². The first-order valence-corrected chi connectivity index (χ1v) is 12.2.